The van der Waals surface area contributed by atoms with E-state index in [1.165, 1.54) is 0 Å². The molecular weight excluding hydrogens is 522 g/mol. The van der Waals surface area contributed by atoms with E-state index >= 15 is 0 Å². The number of carbonyl (C=O) groups excluding carboxylic acids is 1. The molecule has 2 aromatic carbocycles. The van der Waals surface area contributed by atoms with Crippen LogP contribution in [0.25, 0.3) is 5.69 Å². The number of anilines is 1. The van der Waals surface area contributed by atoms with Gasteiger partial charge in [0.15, 0.2) is 5.11 Å². The maximum absolute atomic E-state index is 12.9. The lowest BCUT2D eigenvalue weighted by atomic mass is 9.96. The van der Waals surface area contributed by atoms with Crippen LogP contribution in [0.15, 0.2) is 79.0 Å². The average molecular weight is 554 g/mol. The number of pyridine rings is 1. The molecule has 3 N–H and O–H groups in total. The van der Waals surface area contributed by atoms with Gasteiger partial charge < -0.3 is 25.2 Å². The van der Waals surface area contributed by atoms with E-state index in [1.807, 2.05) is 69.3 Å². The van der Waals surface area contributed by atoms with Gasteiger partial charge in [-0.3, -0.25) is 9.78 Å². The highest BCUT2D eigenvalue weighted by Gasteiger charge is 2.41. The van der Waals surface area contributed by atoms with Gasteiger partial charge in [-0.15, -0.1) is 0 Å². The lowest BCUT2D eigenvalue weighted by Gasteiger charge is -2.28. The van der Waals surface area contributed by atoms with Crippen LogP contribution in [0.3, 0.4) is 0 Å². The standard InChI is InChI=1S/C31H31N5O3S/c1-19-8-6-10-23(16-19)33-27(37)13-15-35-29(28(34-31(35)40)26-12-4-5-14-32-26)25-17-20(2)36(21(25)3)24-11-7-9-22(18-24)30(38)39/h4-12,14,16-18,28-29H,13,15H2,1-3H3,(H,33,37)(H,34,40)(H,38,39). The van der Waals surface area contributed by atoms with Gasteiger partial charge in [-0.25, -0.2) is 4.79 Å². The quantitative estimate of drug-likeness (QED) is 0.248. The van der Waals surface area contributed by atoms with Crippen molar-refractivity contribution in [1.29, 1.82) is 0 Å². The Balaban J connectivity index is 1.48. The van der Waals surface area contributed by atoms with Gasteiger partial charge in [0.1, 0.15) is 0 Å². The fraction of sp³-hybridized carbons (Fsp3) is 0.226. The van der Waals surface area contributed by atoms with Gasteiger partial charge in [-0.1, -0.05) is 24.3 Å². The van der Waals surface area contributed by atoms with Gasteiger partial charge >= 0.3 is 5.97 Å². The number of benzene rings is 2. The van der Waals surface area contributed by atoms with E-state index in [0.29, 0.717) is 11.7 Å². The summed E-state index contributed by atoms with van der Waals surface area (Å²) in [5.74, 6) is -1.07. The Labute approximate surface area is 238 Å². The normalized spacial score (nSPS) is 16.6. The molecule has 5 rings (SSSR count). The molecule has 1 amide bonds. The molecule has 4 aromatic rings. The van der Waals surface area contributed by atoms with Crippen molar-refractivity contribution in [3.8, 4) is 5.69 Å². The van der Waals surface area contributed by atoms with Crippen molar-refractivity contribution in [3.05, 3.63) is 113 Å². The minimum atomic E-state index is -0.972. The molecule has 0 aliphatic carbocycles. The highest BCUT2D eigenvalue weighted by atomic mass is 32.1. The van der Waals surface area contributed by atoms with Crippen molar-refractivity contribution in [1.82, 2.24) is 19.8 Å². The van der Waals surface area contributed by atoms with Crippen molar-refractivity contribution in [2.75, 3.05) is 11.9 Å². The molecule has 9 heteroatoms. The number of thiocarbonyl (C=S) groups is 1. The second kappa shape index (κ2) is 11.3. The summed E-state index contributed by atoms with van der Waals surface area (Å²) in [6, 6.07) is 22.1. The third kappa shape index (κ3) is 5.46. The third-order valence-electron chi connectivity index (χ3n) is 7.22. The molecule has 1 fully saturated rings. The lowest BCUT2D eigenvalue weighted by molar-refractivity contribution is -0.116. The number of aromatic carboxylic acids is 1. The van der Waals surface area contributed by atoms with Gasteiger partial charge in [-0.2, -0.15) is 0 Å². The van der Waals surface area contributed by atoms with E-state index in [9.17, 15) is 14.7 Å². The summed E-state index contributed by atoms with van der Waals surface area (Å²) in [6.45, 7) is 6.42. The number of nitrogens with one attached hydrogen (secondary N) is 2. The van der Waals surface area contributed by atoms with Crippen LogP contribution in [0.4, 0.5) is 5.69 Å². The Bertz CT molecular complexity index is 1580. The SMILES string of the molecule is Cc1cccc(NC(=O)CCN2C(=S)NC(c3ccccn3)C2c2cc(C)n(-c3cccc(C(=O)O)c3)c2C)c1. The molecule has 2 unspecified atom stereocenters. The van der Waals surface area contributed by atoms with Gasteiger partial charge in [0.25, 0.3) is 0 Å². The first-order valence-corrected chi connectivity index (χ1v) is 13.5. The molecule has 40 heavy (non-hydrogen) atoms. The van der Waals surface area contributed by atoms with E-state index in [4.69, 9.17) is 12.2 Å². The zero-order valence-electron chi connectivity index (χ0n) is 22.6. The van der Waals surface area contributed by atoms with E-state index in [2.05, 4.69) is 31.2 Å². The van der Waals surface area contributed by atoms with Crippen LogP contribution in [-0.4, -0.2) is 43.1 Å². The Morgan fingerprint density at radius 1 is 1.02 bits per heavy atom. The summed E-state index contributed by atoms with van der Waals surface area (Å²) in [4.78, 5) is 31.2. The molecule has 8 nitrogen and oxygen atoms in total. The predicted octanol–water partition coefficient (Wildman–Crippen LogP) is 5.50. The van der Waals surface area contributed by atoms with Crippen molar-refractivity contribution in [2.45, 2.75) is 39.3 Å². The van der Waals surface area contributed by atoms with Gasteiger partial charge in [0.05, 0.1) is 23.3 Å². The molecule has 0 spiro atoms. The minimum absolute atomic E-state index is 0.0932. The van der Waals surface area contributed by atoms with Crippen LogP contribution in [-0.2, 0) is 4.79 Å². The minimum Gasteiger partial charge on any atom is -0.478 e. The molecule has 2 atom stereocenters. The number of rotatable bonds is 8. The van der Waals surface area contributed by atoms with Crippen molar-refractivity contribution in [2.24, 2.45) is 0 Å². The lowest BCUT2D eigenvalue weighted by Crippen LogP contribution is -2.32. The summed E-state index contributed by atoms with van der Waals surface area (Å²) in [5.41, 5.74) is 6.64. The molecule has 0 saturated carbocycles. The Hall–Kier alpha value is -4.50. The molecule has 1 saturated heterocycles. The number of hydrogen-bond donors (Lipinski definition) is 3. The molecule has 0 bridgehead atoms. The van der Waals surface area contributed by atoms with Crippen LogP contribution in [0.5, 0.6) is 0 Å². The van der Waals surface area contributed by atoms with Crippen LogP contribution in [0.2, 0.25) is 0 Å². The maximum atomic E-state index is 12.9. The zero-order chi connectivity index (χ0) is 28.4. The van der Waals surface area contributed by atoms with E-state index in [-0.39, 0.29) is 30.0 Å². The number of hydrogen-bond acceptors (Lipinski definition) is 4. The van der Waals surface area contributed by atoms with Crippen LogP contribution >= 0.6 is 12.2 Å². The first kappa shape index (κ1) is 27.1. The zero-order valence-corrected chi connectivity index (χ0v) is 23.4. The molecule has 3 heterocycles. The number of carboxylic acids is 1. The van der Waals surface area contributed by atoms with E-state index in [1.54, 1.807) is 24.4 Å². The number of amides is 1. The number of aryl methyl sites for hydroxylation is 2. The summed E-state index contributed by atoms with van der Waals surface area (Å²) in [6.07, 6.45) is 2.01. The number of carboxylic acid groups (broad SMARTS) is 1. The van der Waals surface area contributed by atoms with Crippen LogP contribution in [0, 0.1) is 20.8 Å². The summed E-state index contributed by atoms with van der Waals surface area (Å²) < 4.78 is 2.06. The molecule has 2 aromatic heterocycles. The van der Waals surface area contributed by atoms with Gasteiger partial charge in [0.2, 0.25) is 5.91 Å². The van der Waals surface area contributed by atoms with Crippen molar-refractivity contribution in [3.63, 3.8) is 0 Å². The first-order chi connectivity index (χ1) is 19.2. The Morgan fingerprint density at radius 3 is 2.55 bits per heavy atom. The van der Waals surface area contributed by atoms with Crippen LogP contribution < -0.4 is 10.6 Å². The molecule has 204 valence electrons. The fourth-order valence-electron chi connectivity index (χ4n) is 5.42. The predicted molar refractivity (Wildman–Crippen MR) is 159 cm³/mol. The number of carbonyl (C=O) groups is 2. The molecule has 1 aliphatic rings. The second-order valence-electron chi connectivity index (χ2n) is 10.0. The third-order valence-corrected chi connectivity index (χ3v) is 7.57. The highest BCUT2D eigenvalue weighted by molar-refractivity contribution is 7.80. The van der Waals surface area contributed by atoms with Crippen LogP contribution in [0.1, 0.15) is 57.1 Å². The smallest absolute Gasteiger partial charge is 0.335 e. The fourth-order valence-corrected chi connectivity index (χ4v) is 5.75. The monoisotopic (exact) mass is 553 g/mol. The summed E-state index contributed by atoms with van der Waals surface area (Å²) >= 11 is 5.80. The Kier molecular flexibility index (Phi) is 7.66. The average Bonchev–Trinajstić information content (AvgIpc) is 3.42. The van der Waals surface area contributed by atoms with E-state index < -0.39 is 5.97 Å². The molecular formula is C31H31N5O3S. The van der Waals surface area contributed by atoms with E-state index in [0.717, 1.165) is 39.6 Å². The summed E-state index contributed by atoms with van der Waals surface area (Å²) in [7, 11) is 0. The van der Waals surface area contributed by atoms with Crippen molar-refractivity contribution >= 4 is 34.9 Å². The number of aromatic nitrogens is 2. The first-order valence-electron chi connectivity index (χ1n) is 13.1. The number of nitrogens with zero attached hydrogens (tertiary/aromatic N) is 3. The topological polar surface area (TPSA) is 99.5 Å². The Morgan fingerprint density at radius 2 is 1.82 bits per heavy atom. The second-order valence-corrected chi connectivity index (χ2v) is 10.4. The van der Waals surface area contributed by atoms with Crippen molar-refractivity contribution < 1.29 is 14.7 Å². The highest BCUT2D eigenvalue weighted by Crippen LogP contribution is 2.41. The molecule has 0 radical (unpaired) electrons. The summed E-state index contributed by atoms with van der Waals surface area (Å²) in [5, 5.41) is 16.5. The largest absolute Gasteiger partial charge is 0.478 e. The molecule has 1 aliphatic heterocycles. The van der Waals surface area contributed by atoms with Gasteiger partial charge in [0, 0.05) is 41.9 Å². The maximum Gasteiger partial charge on any atom is 0.335 e. The van der Waals surface area contributed by atoms with Gasteiger partial charge in [-0.05, 0) is 92.6 Å².